The summed E-state index contributed by atoms with van der Waals surface area (Å²) in [5.41, 5.74) is 22.9. The molecule has 0 saturated heterocycles. The molecule has 9 aromatic carbocycles. The molecule has 0 amide bonds. The first kappa shape index (κ1) is 36.6. The van der Waals surface area contributed by atoms with E-state index in [2.05, 4.69) is 179 Å². The number of hydrogen-bond acceptors (Lipinski definition) is 4. The topological polar surface area (TPSA) is 59.7 Å². The highest BCUT2D eigenvalue weighted by Gasteiger charge is 2.31. The SMILES string of the molecule is NC(/C=C(\N=Cc1cccc2c(N3c4ccccc4-c4c(n(-c5ccccc5)c5ccccc45)-c4ccccc43)cccc12)c1ccccc1)c1ccc2oc3ccccc3c2c1. The lowest BCUT2D eigenvalue weighted by Gasteiger charge is -2.29. The fourth-order valence-corrected chi connectivity index (χ4v) is 9.56. The van der Waals surface area contributed by atoms with Crippen LogP contribution in [0.25, 0.3) is 77.4 Å². The predicted octanol–water partition coefficient (Wildman–Crippen LogP) is 15.0. The second-order valence-electron chi connectivity index (χ2n) is 16.1. The minimum Gasteiger partial charge on any atom is -0.456 e. The third-order valence-corrected chi connectivity index (χ3v) is 12.4. The highest BCUT2D eigenvalue weighted by atomic mass is 16.3. The number of nitrogens with two attached hydrogens (primary N) is 1. The Morgan fingerprint density at radius 2 is 1.13 bits per heavy atom. The normalized spacial score (nSPS) is 13.1. The van der Waals surface area contributed by atoms with E-state index in [1.54, 1.807) is 0 Å². The van der Waals surface area contributed by atoms with Crippen LogP contribution in [0.3, 0.4) is 0 Å². The van der Waals surface area contributed by atoms with E-state index in [1.165, 1.54) is 27.7 Å². The third-order valence-electron chi connectivity index (χ3n) is 12.4. The first-order valence-corrected chi connectivity index (χ1v) is 21.4. The van der Waals surface area contributed by atoms with Crippen molar-refractivity contribution in [3.05, 3.63) is 235 Å². The maximum atomic E-state index is 7.00. The first-order chi connectivity index (χ1) is 31.2. The van der Waals surface area contributed by atoms with Crippen LogP contribution < -0.4 is 10.6 Å². The molecule has 2 N–H and O–H groups in total. The fraction of sp³-hybridized carbons (Fsp3) is 0.0172. The van der Waals surface area contributed by atoms with Gasteiger partial charge in [0, 0.05) is 55.7 Å². The molecule has 5 nitrogen and oxygen atoms in total. The zero-order valence-corrected chi connectivity index (χ0v) is 34.3. The van der Waals surface area contributed by atoms with Gasteiger partial charge in [-0.05, 0) is 77.2 Å². The molecule has 0 fully saturated rings. The molecule has 63 heavy (non-hydrogen) atoms. The monoisotopic (exact) mass is 808 g/mol. The second-order valence-corrected chi connectivity index (χ2v) is 16.1. The number of hydrogen-bond donors (Lipinski definition) is 1. The summed E-state index contributed by atoms with van der Waals surface area (Å²) in [6, 6.07) is 74.5. The van der Waals surface area contributed by atoms with Gasteiger partial charge in [0.25, 0.3) is 0 Å². The number of aliphatic imine (C=N–C) groups is 1. The molecule has 1 aliphatic heterocycles. The highest BCUT2D eigenvalue weighted by Crippen LogP contribution is 2.55. The average Bonchev–Trinajstić information content (AvgIpc) is 3.86. The van der Waals surface area contributed by atoms with Gasteiger partial charge in [-0.3, -0.25) is 4.99 Å². The van der Waals surface area contributed by atoms with Crippen LogP contribution in [-0.2, 0) is 0 Å². The lowest BCUT2D eigenvalue weighted by Crippen LogP contribution is -2.12. The lowest BCUT2D eigenvalue weighted by atomic mass is 9.98. The summed E-state index contributed by atoms with van der Waals surface area (Å²) < 4.78 is 8.55. The molecule has 2 aromatic heterocycles. The molecule has 5 heteroatoms. The zero-order chi connectivity index (χ0) is 41.9. The molecule has 0 bridgehead atoms. The van der Waals surface area contributed by atoms with Crippen LogP contribution in [0.1, 0.15) is 22.7 Å². The van der Waals surface area contributed by atoms with Gasteiger partial charge in [-0.15, -0.1) is 0 Å². The van der Waals surface area contributed by atoms with Gasteiger partial charge in [-0.25, -0.2) is 0 Å². The van der Waals surface area contributed by atoms with E-state index < -0.39 is 6.04 Å². The molecule has 0 saturated carbocycles. The Morgan fingerprint density at radius 3 is 1.97 bits per heavy atom. The summed E-state index contributed by atoms with van der Waals surface area (Å²) >= 11 is 0. The van der Waals surface area contributed by atoms with Gasteiger partial charge < -0.3 is 19.6 Å². The summed E-state index contributed by atoms with van der Waals surface area (Å²) in [4.78, 5) is 7.67. The molecule has 12 rings (SSSR count). The van der Waals surface area contributed by atoms with Crippen molar-refractivity contribution in [3.8, 4) is 28.1 Å². The van der Waals surface area contributed by atoms with Gasteiger partial charge in [0.05, 0.1) is 40.0 Å². The van der Waals surface area contributed by atoms with Gasteiger partial charge in [0.2, 0.25) is 0 Å². The van der Waals surface area contributed by atoms with Gasteiger partial charge in [-0.1, -0.05) is 158 Å². The number of rotatable bonds is 7. The molecule has 0 spiro atoms. The summed E-state index contributed by atoms with van der Waals surface area (Å²) in [6.45, 7) is 0. The van der Waals surface area contributed by atoms with Gasteiger partial charge >= 0.3 is 0 Å². The van der Waals surface area contributed by atoms with Crippen molar-refractivity contribution in [2.45, 2.75) is 6.04 Å². The maximum Gasteiger partial charge on any atom is 0.135 e. The summed E-state index contributed by atoms with van der Waals surface area (Å²) in [5, 5.41) is 5.57. The van der Waals surface area contributed by atoms with Crippen molar-refractivity contribution >= 4 is 72.6 Å². The van der Waals surface area contributed by atoms with Crippen LogP contribution in [0.5, 0.6) is 0 Å². The van der Waals surface area contributed by atoms with Crippen molar-refractivity contribution in [2.75, 3.05) is 4.90 Å². The van der Waals surface area contributed by atoms with Crippen LogP contribution in [0, 0.1) is 0 Å². The number of benzene rings is 9. The average molecular weight is 809 g/mol. The van der Waals surface area contributed by atoms with Crippen LogP contribution in [-0.4, -0.2) is 10.8 Å². The number of aromatic nitrogens is 1. The second kappa shape index (κ2) is 15.0. The van der Waals surface area contributed by atoms with Crippen molar-refractivity contribution in [3.63, 3.8) is 0 Å². The summed E-state index contributed by atoms with van der Waals surface area (Å²) in [7, 11) is 0. The lowest BCUT2D eigenvalue weighted by molar-refractivity contribution is 0.668. The van der Waals surface area contributed by atoms with E-state index in [0.29, 0.717) is 0 Å². The van der Waals surface area contributed by atoms with Crippen LogP contribution in [0.15, 0.2) is 228 Å². The van der Waals surface area contributed by atoms with E-state index in [-0.39, 0.29) is 0 Å². The fourth-order valence-electron chi connectivity index (χ4n) is 9.56. The standard InChI is InChI=1S/C58H40N4O/c59-49(39-33-34-56-48(35-39)44-22-10-14-32-55(44)63-56)36-50(38-17-3-1-4-18-38)60-37-40-19-15-27-43-42(40)26-16-31-51(43)62-53-29-12-8-24-46(53)57-45-23-7-11-28-52(45)61(41-20-5-2-6-21-41)58(57)47-25-9-13-30-54(47)62/h1-37,49H,59H2/b50-36-,60-37?. The van der Waals surface area contributed by atoms with Crippen molar-refractivity contribution in [2.24, 2.45) is 10.7 Å². The third kappa shape index (κ3) is 6.09. The molecule has 1 aliphatic rings. The number of nitrogens with zero attached hydrogens (tertiary/aromatic N) is 3. The smallest absolute Gasteiger partial charge is 0.135 e. The molecule has 1 atom stereocenters. The Labute approximate surface area is 364 Å². The molecular weight excluding hydrogens is 769 g/mol. The van der Waals surface area contributed by atoms with Crippen molar-refractivity contribution in [1.29, 1.82) is 0 Å². The van der Waals surface area contributed by atoms with E-state index in [0.717, 1.165) is 83.4 Å². The van der Waals surface area contributed by atoms with E-state index in [1.807, 2.05) is 54.7 Å². The minimum atomic E-state index is -0.405. The van der Waals surface area contributed by atoms with E-state index in [4.69, 9.17) is 15.1 Å². The Morgan fingerprint density at radius 1 is 0.508 bits per heavy atom. The zero-order valence-electron chi connectivity index (χ0n) is 34.3. The minimum absolute atomic E-state index is 0.405. The highest BCUT2D eigenvalue weighted by molar-refractivity contribution is 6.15. The predicted molar refractivity (Wildman–Crippen MR) is 263 cm³/mol. The van der Waals surface area contributed by atoms with Crippen molar-refractivity contribution < 1.29 is 4.42 Å². The number of fused-ring (bicyclic) bond motifs is 11. The molecule has 0 aliphatic carbocycles. The van der Waals surface area contributed by atoms with Crippen LogP contribution in [0.2, 0.25) is 0 Å². The molecule has 298 valence electrons. The number of para-hydroxylation sites is 5. The maximum absolute atomic E-state index is 7.00. The molecular formula is C58H40N4O. The molecule has 3 heterocycles. The molecule has 1 unspecified atom stereocenters. The van der Waals surface area contributed by atoms with Crippen LogP contribution in [0.4, 0.5) is 17.1 Å². The molecule has 0 radical (unpaired) electrons. The Hall–Kier alpha value is -8.25. The van der Waals surface area contributed by atoms with Crippen LogP contribution >= 0.6 is 0 Å². The van der Waals surface area contributed by atoms with E-state index >= 15 is 0 Å². The quantitative estimate of drug-likeness (QED) is 0.163. The van der Waals surface area contributed by atoms with Crippen molar-refractivity contribution in [1.82, 2.24) is 4.57 Å². The summed E-state index contributed by atoms with van der Waals surface area (Å²) in [6.07, 6.45) is 4.04. The molecule has 11 aromatic rings. The Bertz CT molecular complexity index is 3600. The Kier molecular flexibility index (Phi) is 8.73. The van der Waals surface area contributed by atoms with Gasteiger partial charge in [-0.2, -0.15) is 0 Å². The summed E-state index contributed by atoms with van der Waals surface area (Å²) in [5.74, 6) is 0. The number of furan rings is 1. The largest absolute Gasteiger partial charge is 0.456 e. The number of anilines is 3. The van der Waals surface area contributed by atoms with Gasteiger partial charge in [0.1, 0.15) is 11.2 Å². The first-order valence-electron chi connectivity index (χ1n) is 21.4. The van der Waals surface area contributed by atoms with E-state index in [9.17, 15) is 0 Å². The van der Waals surface area contributed by atoms with Gasteiger partial charge in [0.15, 0.2) is 0 Å². The Balaban J connectivity index is 0.999.